The Morgan fingerprint density at radius 1 is 0.971 bits per heavy atom. The Kier molecular flexibility index (Phi) is 5.32. The molecular weight excluding hydrogens is 450 g/mol. The second-order valence-electron chi connectivity index (χ2n) is 7.82. The molecule has 0 fully saturated rings. The highest BCUT2D eigenvalue weighted by Gasteiger charge is 2.14. The fourth-order valence-corrected chi connectivity index (χ4v) is 4.41. The van der Waals surface area contributed by atoms with Gasteiger partial charge in [-0.1, -0.05) is 11.8 Å². The van der Waals surface area contributed by atoms with Crippen LogP contribution in [0, 0.1) is 22.0 Å². The fourth-order valence-electron chi connectivity index (χ4n) is 3.46. The van der Waals surface area contributed by atoms with Crippen molar-refractivity contribution in [1.82, 2.24) is 4.98 Å². The second-order valence-corrected chi connectivity index (χ2v) is 8.85. The summed E-state index contributed by atoms with van der Waals surface area (Å²) in [5.41, 5.74) is 3.66. The zero-order chi connectivity index (χ0) is 23.8. The predicted octanol–water partition coefficient (Wildman–Crippen LogP) is 5.44. The summed E-state index contributed by atoms with van der Waals surface area (Å²) in [5.74, 6) is 6.07. The Morgan fingerprint density at radius 3 is 2.44 bits per heavy atom. The average molecular weight is 468 g/mol. The number of anilines is 1. The molecule has 34 heavy (non-hydrogen) atoms. The number of fused-ring (bicyclic) bond motifs is 2. The molecule has 0 amide bonds. The van der Waals surface area contributed by atoms with E-state index in [9.17, 15) is 14.9 Å². The van der Waals surface area contributed by atoms with Crippen LogP contribution < -0.4 is 10.5 Å². The maximum atomic E-state index is 12.7. The lowest BCUT2D eigenvalue weighted by Gasteiger charge is -2.12. The van der Waals surface area contributed by atoms with Crippen LogP contribution in [0.3, 0.4) is 0 Å². The molecule has 0 saturated heterocycles. The van der Waals surface area contributed by atoms with Gasteiger partial charge in [-0.25, -0.2) is 9.78 Å². The molecule has 166 valence electrons. The van der Waals surface area contributed by atoms with Crippen molar-refractivity contribution in [3.8, 4) is 22.4 Å². The van der Waals surface area contributed by atoms with Gasteiger partial charge in [-0.05, 0) is 48.5 Å². The highest BCUT2D eigenvalue weighted by molar-refractivity contribution is 7.21. The molecule has 0 N–H and O–H groups in total. The lowest BCUT2D eigenvalue weighted by Crippen LogP contribution is -2.08. The summed E-state index contributed by atoms with van der Waals surface area (Å²) in [5, 5.41) is 12.2. The van der Waals surface area contributed by atoms with Crippen LogP contribution >= 0.6 is 11.3 Å². The normalized spacial score (nSPS) is 10.8. The highest BCUT2D eigenvalue weighted by Crippen LogP contribution is 2.31. The quantitative estimate of drug-likeness (QED) is 0.152. The summed E-state index contributed by atoms with van der Waals surface area (Å²) in [6.45, 7) is 0. The molecule has 2 heterocycles. The van der Waals surface area contributed by atoms with E-state index in [-0.39, 0.29) is 5.69 Å². The number of aromatic nitrogens is 1. The number of rotatable bonds is 3. The highest BCUT2D eigenvalue weighted by atomic mass is 32.1. The molecule has 3 aromatic carbocycles. The molecule has 0 radical (unpaired) electrons. The summed E-state index contributed by atoms with van der Waals surface area (Å²) in [6, 6.07) is 19.3. The third-order valence-electron chi connectivity index (χ3n) is 5.28. The first-order chi connectivity index (χ1) is 16.4. The van der Waals surface area contributed by atoms with E-state index in [4.69, 9.17) is 4.42 Å². The van der Waals surface area contributed by atoms with Crippen molar-refractivity contribution in [2.75, 3.05) is 19.0 Å². The zero-order valence-corrected chi connectivity index (χ0v) is 19.1. The van der Waals surface area contributed by atoms with E-state index in [2.05, 4.69) is 16.8 Å². The van der Waals surface area contributed by atoms with Crippen molar-refractivity contribution in [3.63, 3.8) is 0 Å². The molecule has 0 saturated carbocycles. The Labute approximate surface area is 198 Å². The molecule has 0 atom stereocenters. The van der Waals surface area contributed by atoms with Gasteiger partial charge in [0.15, 0.2) is 0 Å². The van der Waals surface area contributed by atoms with Crippen LogP contribution in [0.25, 0.3) is 31.8 Å². The molecule has 0 spiro atoms. The van der Waals surface area contributed by atoms with Gasteiger partial charge in [0.25, 0.3) is 5.69 Å². The Morgan fingerprint density at radius 2 is 1.71 bits per heavy atom. The van der Waals surface area contributed by atoms with Crippen LogP contribution in [0.1, 0.15) is 11.1 Å². The van der Waals surface area contributed by atoms with Crippen LogP contribution in [-0.4, -0.2) is 24.0 Å². The van der Waals surface area contributed by atoms with Gasteiger partial charge in [0.05, 0.1) is 20.7 Å². The van der Waals surface area contributed by atoms with Crippen LogP contribution in [0.2, 0.25) is 0 Å². The summed E-state index contributed by atoms with van der Waals surface area (Å²) in [7, 11) is 3.86. The maximum absolute atomic E-state index is 12.7. The molecule has 0 aliphatic carbocycles. The first kappa shape index (κ1) is 21.4. The predicted molar refractivity (Wildman–Crippen MR) is 135 cm³/mol. The van der Waals surface area contributed by atoms with Crippen molar-refractivity contribution in [2.45, 2.75) is 0 Å². The van der Waals surface area contributed by atoms with Gasteiger partial charge in [0.1, 0.15) is 10.6 Å². The lowest BCUT2D eigenvalue weighted by atomic mass is 10.1. The summed E-state index contributed by atoms with van der Waals surface area (Å²) in [4.78, 5) is 29.6. The average Bonchev–Trinajstić information content (AvgIpc) is 3.25. The van der Waals surface area contributed by atoms with E-state index < -0.39 is 10.5 Å². The van der Waals surface area contributed by atoms with E-state index in [0.29, 0.717) is 21.7 Å². The van der Waals surface area contributed by atoms with Crippen LogP contribution in [0.4, 0.5) is 11.4 Å². The third kappa shape index (κ3) is 4.12. The SMILES string of the molecule is CN(C)c1ccc2cc(-c3nc4cc(C#Cc5ccc([N+](=O)[O-])cc5)ccc4s3)c(=O)oc2c1. The number of hydrogen-bond acceptors (Lipinski definition) is 7. The molecule has 2 aromatic heterocycles. The van der Waals surface area contributed by atoms with E-state index in [0.717, 1.165) is 26.9 Å². The summed E-state index contributed by atoms with van der Waals surface area (Å²) < 4.78 is 6.52. The van der Waals surface area contributed by atoms with Crippen molar-refractivity contribution >= 4 is 43.9 Å². The van der Waals surface area contributed by atoms with Crippen molar-refractivity contribution in [2.24, 2.45) is 0 Å². The van der Waals surface area contributed by atoms with E-state index in [1.807, 2.05) is 61.5 Å². The van der Waals surface area contributed by atoms with Crippen LogP contribution in [0.5, 0.6) is 0 Å². The molecule has 7 nitrogen and oxygen atoms in total. The van der Waals surface area contributed by atoms with Gasteiger partial charge < -0.3 is 9.32 Å². The van der Waals surface area contributed by atoms with E-state index in [1.165, 1.54) is 23.5 Å². The maximum Gasteiger partial charge on any atom is 0.346 e. The summed E-state index contributed by atoms with van der Waals surface area (Å²) in [6.07, 6.45) is 0. The number of nitro benzene ring substituents is 1. The molecule has 8 heteroatoms. The lowest BCUT2D eigenvalue weighted by molar-refractivity contribution is -0.384. The second kappa shape index (κ2) is 8.46. The minimum atomic E-state index is -0.442. The first-order valence-electron chi connectivity index (χ1n) is 10.3. The van der Waals surface area contributed by atoms with Gasteiger partial charge in [0.2, 0.25) is 0 Å². The molecule has 0 aliphatic rings. The Bertz CT molecular complexity index is 1690. The van der Waals surface area contributed by atoms with Gasteiger partial charge in [-0.3, -0.25) is 10.1 Å². The molecule has 0 bridgehead atoms. The van der Waals surface area contributed by atoms with Crippen LogP contribution in [0.15, 0.2) is 75.9 Å². The topological polar surface area (TPSA) is 89.5 Å². The molecular formula is C26H17N3O4S. The van der Waals surface area contributed by atoms with Crippen molar-refractivity contribution in [3.05, 3.63) is 98.4 Å². The van der Waals surface area contributed by atoms with Gasteiger partial charge in [-0.15, -0.1) is 11.3 Å². The van der Waals surface area contributed by atoms with Gasteiger partial charge in [0, 0.05) is 54.5 Å². The van der Waals surface area contributed by atoms with E-state index >= 15 is 0 Å². The minimum Gasteiger partial charge on any atom is -0.422 e. The van der Waals surface area contributed by atoms with Crippen molar-refractivity contribution in [1.29, 1.82) is 0 Å². The number of thiazole rings is 1. The molecule has 0 unspecified atom stereocenters. The van der Waals surface area contributed by atoms with Gasteiger partial charge in [-0.2, -0.15) is 0 Å². The van der Waals surface area contributed by atoms with E-state index in [1.54, 1.807) is 12.1 Å². The van der Waals surface area contributed by atoms with Crippen molar-refractivity contribution < 1.29 is 9.34 Å². The number of nitro groups is 1. The third-order valence-corrected chi connectivity index (χ3v) is 6.35. The molecule has 5 aromatic rings. The number of non-ortho nitro benzene ring substituents is 1. The molecule has 5 rings (SSSR count). The Hall–Kier alpha value is -4.48. The Balaban J connectivity index is 1.48. The van der Waals surface area contributed by atoms with Crippen LogP contribution in [-0.2, 0) is 0 Å². The largest absolute Gasteiger partial charge is 0.422 e. The minimum absolute atomic E-state index is 0.0262. The summed E-state index contributed by atoms with van der Waals surface area (Å²) >= 11 is 1.42. The zero-order valence-electron chi connectivity index (χ0n) is 18.2. The first-order valence-corrected chi connectivity index (χ1v) is 11.1. The fraction of sp³-hybridized carbons (Fsp3) is 0.0769. The number of nitrogens with zero attached hydrogens (tertiary/aromatic N) is 3. The smallest absolute Gasteiger partial charge is 0.346 e. The monoisotopic (exact) mass is 467 g/mol. The number of hydrogen-bond donors (Lipinski definition) is 0. The number of benzene rings is 3. The van der Waals surface area contributed by atoms with Gasteiger partial charge >= 0.3 is 5.63 Å². The molecule has 0 aliphatic heterocycles. The standard InChI is InChI=1S/C26H17N3O4S/c1-28(2)20-11-8-18-14-21(26(30)33-23(18)15-20)25-27-22-13-17(7-12-24(22)34-25)4-3-16-5-9-19(10-6-16)29(31)32/h5-15H,1-2H3.